The van der Waals surface area contributed by atoms with Crippen LogP contribution in [0.15, 0.2) is 24.3 Å². The number of methoxy groups -OCH3 is 1. The van der Waals surface area contributed by atoms with Crippen molar-refractivity contribution in [2.24, 2.45) is 0 Å². The summed E-state index contributed by atoms with van der Waals surface area (Å²) >= 11 is 0. The first kappa shape index (κ1) is 18.2. The molecule has 1 aromatic carbocycles. The van der Waals surface area contributed by atoms with Crippen LogP contribution in [0.4, 0.5) is 4.79 Å². The minimum Gasteiger partial charge on any atom is -0.453 e. The normalized spacial score (nSPS) is 14.1. The lowest BCUT2D eigenvalue weighted by molar-refractivity contribution is -0.908. The van der Waals surface area contributed by atoms with Gasteiger partial charge in [-0.15, -0.1) is 0 Å². The Labute approximate surface area is 132 Å². The SMILES string of the molecule is COC(=O)NC(=O)[C@H](C)[NH+](C)Cc1ccc(C(C)(C)C)cc1. The first-order valence-corrected chi connectivity index (χ1v) is 7.45. The van der Waals surface area contributed by atoms with Crippen molar-refractivity contribution in [1.29, 1.82) is 0 Å². The van der Waals surface area contributed by atoms with Crippen LogP contribution in [0.5, 0.6) is 0 Å². The summed E-state index contributed by atoms with van der Waals surface area (Å²) < 4.78 is 4.43. The lowest BCUT2D eigenvalue weighted by Crippen LogP contribution is -3.12. The Bertz CT molecular complexity index is 518. The number of carbonyl (C=O) groups is 2. The van der Waals surface area contributed by atoms with E-state index in [0.717, 1.165) is 10.5 Å². The van der Waals surface area contributed by atoms with Crippen molar-refractivity contribution in [3.8, 4) is 0 Å². The molecule has 2 amide bonds. The number of nitrogens with one attached hydrogen (secondary N) is 2. The number of quaternary nitrogens is 1. The van der Waals surface area contributed by atoms with Crippen LogP contribution in [0.3, 0.4) is 0 Å². The smallest absolute Gasteiger partial charge is 0.413 e. The van der Waals surface area contributed by atoms with Gasteiger partial charge >= 0.3 is 6.09 Å². The Morgan fingerprint density at radius 3 is 2.23 bits per heavy atom. The maximum absolute atomic E-state index is 11.9. The van der Waals surface area contributed by atoms with Crippen LogP contribution in [0, 0.1) is 0 Å². The van der Waals surface area contributed by atoms with Crippen molar-refractivity contribution in [3.63, 3.8) is 0 Å². The molecule has 1 rings (SSSR count). The van der Waals surface area contributed by atoms with Crippen LogP contribution in [-0.2, 0) is 21.5 Å². The largest absolute Gasteiger partial charge is 0.453 e. The summed E-state index contributed by atoms with van der Waals surface area (Å²) in [6, 6.07) is 8.09. The molecule has 5 heteroatoms. The molecule has 0 radical (unpaired) electrons. The monoisotopic (exact) mass is 307 g/mol. The molecule has 0 saturated carbocycles. The molecular formula is C17H27N2O3+. The number of carbonyl (C=O) groups excluding carboxylic acids is 2. The van der Waals surface area contributed by atoms with Gasteiger partial charge in [-0.3, -0.25) is 10.1 Å². The first-order valence-electron chi connectivity index (χ1n) is 7.45. The van der Waals surface area contributed by atoms with E-state index in [1.54, 1.807) is 6.92 Å². The van der Waals surface area contributed by atoms with E-state index in [1.165, 1.54) is 12.7 Å². The summed E-state index contributed by atoms with van der Waals surface area (Å²) in [4.78, 5) is 24.0. The number of likely N-dealkylation sites (N-methyl/N-ethyl adjacent to an activating group) is 1. The molecule has 2 atom stereocenters. The third-order valence-corrected chi connectivity index (χ3v) is 3.85. The molecular weight excluding hydrogens is 280 g/mol. The molecule has 1 unspecified atom stereocenters. The molecule has 0 aliphatic carbocycles. The average Bonchev–Trinajstić information content (AvgIpc) is 2.45. The van der Waals surface area contributed by atoms with Crippen LogP contribution >= 0.6 is 0 Å². The van der Waals surface area contributed by atoms with Gasteiger partial charge in [-0.1, -0.05) is 45.0 Å². The van der Waals surface area contributed by atoms with Gasteiger partial charge in [0.1, 0.15) is 6.54 Å². The quantitative estimate of drug-likeness (QED) is 0.881. The number of hydrogen-bond donors (Lipinski definition) is 2. The highest BCUT2D eigenvalue weighted by molar-refractivity contribution is 5.93. The Morgan fingerprint density at radius 2 is 1.77 bits per heavy atom. The lowest BCUT2D eigenvalue weighted by atomic mass is 9.87. The number of benzene rings is 1. The number of rotatable bonds is 4. The maximum Gasteiger partial charge on any atom is 0.413 e. The van der Waals surface area contributed by atoms with E-state index in [2.05, 4.69) is 55.1 Å². The summed E-state index contributed by atoms with van der Waals surface area (Å²) in [7, 11) is 3.17. The molecule has 0 spiro atoms. The first-order chi connectivity index (χ1) is 10.1. The molecule has 0 aromatic heterocycles. The number of alkyl carbamates (subject to hydrolysis) is 1. The molecule has 22 heavy (non-hydrogen) atoms. The van der Waals surface area contributed by atoms with Gasteiger partial charge in [-0.2, -0.15) is 0 Å². The van der Waals surface area contributed by atoms with Gasteiger partial charge in [0.2, 0.25) is 0 Å². The summed E-state index contributed by atoms with van der Waals surface area (Å²) in [6.45, 7) is 9.03. The van der Waals surface area contributed by atoms with E-state index in [1.807, 2.05) is 7.05 Å². The topological polar surface area (TPSA) is 59.8 Å². The number of ether oxygens (including phenoxy) is 1. The molecule has 0 heterocycles. The van der Waals surface area contributed by atoms with Gasteiger partial charge in [0.05, 0.1) is 14.2 Å². The van der Waals surface area contributed by atoms with Crippen LogP contribution in [0.1, 0.15) is 38.8 Å². The zero-order chi connectivity index (χ0) is 16.9. The fraction of sp³-hybridized carbons (Fsp3) is 0.529. The number of hydrogen-bond acceptors (Lipinski definition) is 3. The minimum absolute atomic E-state index is 0.130. The van der Waals surface area contributed by atoms with Crippen molar-refractivity contribution in [1.82, 2.24) is 5.32 Å². The van der Waals surface area contributed by atoms with Crippen molar-refractivity contribution >= 4 is 12.0 Å². The second kappa shape index (κ2) is 7.40. The predicted octanol–water partition coefficient (Wildman–Crippen LogP) is 1.27. The van der Waals surface area contributed by atoms with E-state index in [0.29, 0.717) is 6.54 Å². The average molecular weight is 307 g/mol. The third-order valence-electron chi connectivity index (χ3n) is 3.85. The lowest BCUT2D eigenvalue weighted by Gasteiger charge is -2.22. The third kappa shape index (κ3) is 5.15. The Balaban J connectivity index is 2.66. The number of amides is 2. The van der Waals surface area contributed by atoms with Gasteiger partial charge < -0.3 is 9.64 Å². The molecule has 0 aliphatic rings. The predicted molar refractivity (Wildman–Crippen MR) is 85.7 cm³/mol. The Kier molecular flexibility index (Phi) is 6.11. The molecule has 0 saturated heterocycles. The van der Waals surface area contributed by atoms with Crippen LogP contribution < -0.4 is 10.2 Å². The van der Waals surface area contributed by atoms with E-state index < -0.39 is 6.09 Å². The zero-order valence-electron chi connectivity index (χ0n) is 14.3. The molecule has 0 bridgehead atoms. The summed E-state index contributed by atoms with van der Waals surface area (Å²) in [5.41, 5.74) is 2.57. The highest BCUT2D eigenvalue weighted by Crippen LogP contribution is 2.21. The molecule has 0 aliphatic heterocycles. The standard InChI is InChI=1S/C17H26N2O3/c1-12(15(20)18-16(21)22-6)19(5)11-13-7-9-14(10-8-13)17(2,3)4/h7-10,12H,11H2,1-6H3,(H,18,20,21)/p+1/t12-/m0/s1. The molecule has 5 nitrogen and oxygen atoms in total. The zero-order valence-corrected chi connectivity index (χ0v) is 14.3. The fourth-order valence-electron chi connectivity index (χ4n) is 2.08. The second-order valence-corrected chi connectivity index (χ2v) is 6.67. The molecule has 2 N–H and O–H groups in total. The van der Waals surface area contributed by atoms with Gasteiger partial charge in [0.15, 0.2) is 6.04 Å². The van der Waals surface area contributed by atoms with Crippen molar-refractivity contribution in [2.75, 3.05) is 14.2 Å². The van der Waals surface area contributed by atoms with Crippen LogP contribution in [0.2, 0.25) is 0 Å². The maximum atomic E-state index is 11.9. The molecule has 0 fully saturated rings. The van der Waals surface area contributed by atoms with Gasteiger partial charge in [0, 0.05) is 5.56 Å². The van der Waals surface area contributed by atoms with Crippen molar-refractivity contribution in [2.45, 2.75) is 45.7 Å². The fourth-order valence-corrected chi connectivity index (χ4v) is 2.08. The number of imide groups is 1. The summed E-state index contributed by atoms with van der Waals surface area (Å²) in [5, 5.41) is 2.20. The molecule has 122 valence electrons. The van der Waals surface area contributed by atoms with E-state index in [9.17, 15) is 9.59 Å². The summed E-state index contributed by atoms with van der Waals surface area (Å²) in [6.07, 6.45) is -0.723. The minimum atomic E-state index is -0.723. The highest BCUT2D eigenvalue weighted by atomic mass is 16.5. The van der Waals surface area contributed by atoms with Gasteiger partial charge in [-0.05, 0) is 17.9 Å². The highest BCUT2D eigenvalue weighted by Gasteiger charge is 2.24. The van der Waals surface area contributed by atoms with Crippen molar-refractivity contribution in [3.05, 3.63) is 35.4 Å². The Morgan fingerprint density at radius 1 is 1.23 bits per heavy atom. The van der Waals surface area contributed by atoms with Crippen LogP contribution in [0.25, 0.3) is 0 Å². The molecule has 1 aromatic rings. The van der Waals surface area contributed by atoms with Gasteiger partial charge in [0.25, 0.3) is 5.91 Å². The summed E-state index contributed by atoms with van der Waals surface area (Å²) in [5.74, 6) is -0.337. The van der Waals surface area contributed by atoms with Crippen LogP contribution in [-0.4, -0.2) is 32.2 Å². The van der Waals surface area contributed by atoms with E-state index >= 15 is 0 Å². The Hall–Kier alpha value is -1.88. The van der Waals surface area contributed by atoms with E-state index in [-0.39, 0.29) is 17.4 Å². The second-order valence-electron chi connectivity index (χ2n) is 6.67. The van der Waals surface area contributed by atoms with Gasteiger partial charge in [-0.25, -0.2) is 4.79 Å². The van der Waals surface area contributed by atoms with Crippen molar-refractivity contribution < 1.29 is 19.2 Å². The van der Waals surface area contributed by atoms with E-state index in [4.69, 9.17) is 0 Å².